The predicted molar refractivity (Wildman–Crippen MR) is 164 cm³/mol. The minimum atomic E-state index is 1.04. The second-order valence-electron chi connectivity index (χ2n) is 12.1. The highest BCUT2D eigenvalue weighted by molar-refractivity contribution is 4.61. The summed E-state index contributed by atoms with van der Waals surface area (Å²) in [5.74, 6) is 1.04. The van der Waals surface area contributed by atoms with Gasteiger partial charge in [0.2, 0.25) is 0 Å². The molecule has 0 aromatic carbocycles. The van der Waals surface area contributed by atoms with Crippen molar-refractivity contribution >= 4 is 0 Å². The van der Waals surface area contributed by atoms with Crippen molar-refractivity contribution in [3.8, 4) is 0 Å². The standard InChI is InChI=1S/C35H72/c1-4-7-10-12-14-16-18-19-20-21-23-25-27-29-31-34-35(32-9-6-3)33-30-28-26-24-22-17-15-13-11-8-5-2/h35H,4-34H2,1-3H3. The molecule has 0 heteroatoms. The summed E-state index contributed by atoms with van der Waals surface area (Å²) in [4.78, 5) is 0. The van der Waals surface area contributed by atoms with Crippen molar-refractivity contribution < 1.29 is 0 Å². The van der Waals surface area contributed by atoms with Gasteiger partial charge in [0.1, 0.15) is 0 Å². The predicted octanol–water partition coefficient (Wildman–Crippen LogP) is 13.8. The fraction of sp³-hybridized carbons (Fsp3) is 1.00. The van der Waals surface area contributed by atoms with Gasteiger partial charge in [0, 0.05) is 0 Å². The lowest BCUT2D eigenvalue weighted by Gasteiger charge is -2.16. The monoisotopic (exact) mass is 493 g/mol. The molecule has 0 saturated carbocycles. The van der Waals surface area contributed by atoms with Crippen LogP contribution in [0.5, 0.6) is 0 Å². The second-order valence-corrected chi connectivity index (χ2v) is 12.1. The van der Waals surface area contributed by atoms with Crippen LogP contribution in [0.15, 0.2) is 0 Å². The van der Waals surface area contributed by atoms with Gasteiger partial charge in [-0.25, -0.2) is 0 Å². The Balaban J connectivity index is 3.46. The third kappa shape index (κ3) is 30.1. The molecule has 1 atom stereocenters. The zero-order valence-electron chi connectivity index (χ0n) is 25.5. The Labute approximate surface area is 225 Å². The maximum Gasteiger partial charge on any atom is -0.0414 e. The summed E-state index contributed by atoms with van der Waals surface area (Å²) in [6, 6.07) is 0. The highest BCUT2D eigenvalue weighted by Gasteiger charge is 2.08. The fourth-order valence-electron chi connectivity index (χ4n) is 5.83. The molecule has 0 aliphatic heterocycles. The molecule has 0 N–H and O–H groups in total. The first-order valence-electron chi connectivity index (χ1n) is 17.3. The van der Waals surface area contributed by atoms with E-state index in [9.17, 15) is 0 Å². The average Bonchev–Trinajstić information content (AvgIpc) is 2.87. The molecule has 212 valence electrons. The van der Waals surface area contributed by atoms with Gasteiger partial charge in [-0.1, -0.05) is 220 Å². The number of rotatable bonds is 31. The van der Waals surface area contributed by atoms with E-state index in [1.165, 1.54) is 199 Å². The summed E-state index contributed by atoms with van der Waals surface area (Å²) in [5.41, 5.74) is 0. The van der Waals surface area contributed by atoms with Gasteiger partial charge in [-0.3, -0.25) is 0 Å². The minimum absolute atomic E-state index is 1.04. The van der Waals surface area contributed by atoms with Crippen LogP contribution in [0.1, 0.15) is 220 Å². The van der Waals surface area contributed by atoms with Gasteiger partial charge in [-0.2, -0.15) is 0 Å². The number of hydrogen-bond acceptors (Lipinski definition) is 0. The van der Waals surface area contributed by atoms with E-state index in [0.29, 0.717) is 0 Å². The van der Waals surface area contributed by atoms with Gasteiger partial charge in [-0.15, -0.1) is 0 Å². The van der Waals surface area contributed by atoms with Gasteiger partial charge in [0.15, 0.2) is 0 Å². The quantitative estimate of drug-likeness (QED) is 0.0844. The largest absolute Gasteiger partial charge is 0.0654 e. The van der Waals surface area contributed by atoms with E-state index in [1.54, 1.807) is 0 Å². The minimum Gasteiger partial charge on any atom is -0.0654 e. The van der Waals surface area contributed by atoms with Crippen molar-refractivity contribution in [1.82, 2.24) is 0 Å². The Morgan fingerprint density at radius 3 is 0.686 bits per heavy atom. The van der Waals surface area contributed by atoms with Crippen molar-refractivity contribution in [1.29, 1.82) is 0 Å². The van der Waals surface area contributed by atoms with E-state index < -0.39 is 0 Å². The van der Waals surface area contributed by atoms with E-state index in [1.807, 2.05) is 0 Å². The zero-order chi connectivity index (χ0) is 25.5. The van der Waals surface area contributed by atoms with Crippen LogP contribution in [0, 0.1) is 5.92 Å². The molecule has 0 aliphatic carbocycles. The van der Waals surface area contributed by atoms with Crippen molar-refractivity contribution in [2.75, 3.05) is 0 Å². The summed E-state index contributed by atoms with van der Waals surface area (Å²) >= 11 is 0. The highest BCUT2D eigenvalue weighted by Crippen LogP contribution is 2.24. The van der Waals surface area contributed by atoms with E-state index in [0.717, 1.165) is 5.92 Å². The molecule has 0 fully saturated rings. The molecule has 35 heavy (non-hydrogen) atoms. The van der Waals surface area contributed by atoms with E-state index >= 15 is 0 Å². The first-order valence-corrected chi connectivity index (χ1v) is 17.3. The molecule has 0 spiro atoms. The van der Waals surface area contributed by atoms with Crippen molar-refractivity contribution in [3.63, 3.8) is 0 Å². The molecule has 1 unspecified atom stereocenters. The average molecular weight is 493 g/mol. The van der Waals surface area contributed by atoms with Crippen LogP contribution in [0.25, 0.3) is 0 Å². The van der Waals surface area contributed by atoms with Gasteiger partial charge < -0.3 is 0 Å². The molecule has 0 aliphatic rings. The van der Waals surface area contributed by atoms with Crippen LogP contribution in [0.3, 0.4) is 0 Å². The lowest BCUT2D eigenvalue weighted by atomic mass is 9.90. The molecule has 0 amide bonds. The van der Waals surface area contributed by atoms with Crippen LogP contribution in [-0.4, -0.2) is 0 Å². The summed E-state index contributed by atoms with van der Waals surface area (Å²) < 4.78 is 0. The molecule has 0 saturated heterocycles. The SMILES string of the molecule is CCCCCCCCCCCCCCCCCC(CCCC)CCCCCCCCCCCCC. The van der Waals surface area contributed by atoms with Crippen molar-refractivity contribution in [2.45, 2.75) is 220 Å². The van der Waals surface area contributed by atoms with Crippen molar-refractivity contribution in [3.05, 3.63) is 0 Å². The smallest absolute Gasteiger partial charge is 0.0414 e. The summed E-state index contributed by atoms with van der Waals surface area (Å²) in [5, 5.41) is 0. The fourth-order valence-corrected chi connectivity index (χ4v) is 5.83. The number of unbranched alkanes of at least 4 members (excludes halogenated alkanes) is 25. The molecule has 0 bridgehead atoms. The second kappa shape index (κ2) is 32.0. The molecule has 0 aromatic rings. The van der Waals surface area contributed by atoms with Gasteiger partial charge in [0.05, 0.1) is 0 Å². The topological polar surface area (TPSA) is 0 Å². The summed E-state index contributed by atoms with van der Waals surface area (Å²) in [6.07, 6.45) is 45.8. The maximum absolute atomic E-state index is 2.37. The third-order valence-corrected chi connectivity index (χ3v) is 8.40. The Kier molecular flexibility index (Phi) is 32.0. The molecule has 0 nitrogen and oxygen atoms in total. The Morgan fingerprint density at radius 1 is 0.229 bits per heavy atom. The Bertz CT molecular complexity index is 346. The van der Waals surface area contributed by atoms with Gasteiger partial charge >= 0.3 is 0 Å². The van der Waals surface area contributed by atoms with Gasteiger partial charge in [0.25, 0.3) is 0 Å². The molecule has 0 heterocycles. The van der Waals surface area contributed by atoms with E-state index in [4.69, 9.17) is 0 Å². The van der Waals surface area contributed by atoms with Gasteiger partial charge in [-0.05, 0) is 5.92 Å². The van der Waals surface area contributed by atoms with E-state index in [-0.39, 0.29) is 0 Å². The molecular weight excluding hydrogens is 420 g/mol. The van der Waals surface area contributed by atoms with E-state index in [2.05, 4.69) is 20.8 Å². The molecule has 0 radical (unpaired) electrons. The maximum atomic E-state index is 2.37. The van der Waals surface area contributed by atoms with Crippen LogP contribution in [0.2, 0.25) is 0 Å². The first-order chi connectivity index (χ1) is 17.3. The first kappa shape index (κ1) is 35.0. The van der Waals surface area contributed by atoms with Crippen LogP contribution >= 0.6 is 0 Å². The van der Waals surface area contributed by atoms with Crippen LogP contribution < -0.4 is 0 Å². The summed E-state index contributed by atoms with van der Waals surface area (Å²) in [6.45, 7) is 6.99. The zero-order valence-corrected chi connectivity index (χ0v) is 25.5. The summed E-state index contributed by atoms with van der Waals surface area (Å²) in [7, 11) is 0. The van der Waals surface area contributed by atoms with Crippen LogP contribution in [-0.2, 0) is 0 Å². The van der Waals surface area contributed by atoms with Crippen molar-refractivity contribution in [2.24, 2.45) is 5.92 Å². The number of hydrogen-bond donors (Lipinski definition) is 0. The highest BCUT2D eigenvalue weighted by atomic mass is 14.1. The lowest BCUT2D eigenvalue weighted by molar-refractivity contribution is 0.370. The molecule has 0 aromatic heterocycles. The lowest BCUT2D eigenvalue weighted by Crippen LogP contribution is -2.01. The molecule has 0 rings (SSSR count). The molecular formula is C35H72. The van der Waals surface area contributed by atoms with Crippen LogP contribution in [0.4, 0.5) is 0 Å². The normalized spacial score (nSPS) is 12.4. The third-order valence-electron chi connectivity index (χ3n) is 8.40. The Morgan fingerprint density at radius 2 is 0.429 bits per heavy atom. The Hall–Kier alpha value is 0.